The first kappa shape index (κ1) is 14.8. The quantitative estimate of drug-likeness (QED) is 0.791. The molecule has 1 N–H and O–H groups in total. The summed E-state index contributed by atoms with van der Waals surface area (Å²) in [6.45, 7) is 0.225. The van der Waals surface area contributed by atoms with E-state index in [-0.39, 0.29) is 18.3 Å². The van der Waals surface area contributed by atoms with E-state index in [1.807, 2.05) is 0 Å². The molecule has 1 aromatic carbocycles. The van der Waals surface area contributed by atoms with Crippen LogP contribution in [0.25, 0.3) is 5.65 Å². The molecule has 0 atom stereocenters. The summed E-state index contributed by atoms with van der Waals surface area (Å²) < 4.78 is 14.7. The van der Waals surface area contributed by atoms with Crippen molar-refractivity contribution in [3.8, 4) is 0 Å². The fourth-order valence-electron chi connectivity index (χ4n) is 2.01. The summed E-state index contributed by atoms with van der Waals surface area (Å²) in [4.78, 5) is 16.3. The minimum Gasteiger partial charge on any atom is -0.346 e. The topological polar surface area (TPSA) is 46.4 Å². The number of fused-ring (bicyclic) bond motifs is 1. The van der Waals surface area contributed by atoms with Gasteiger partial charge in [-0.3, -0.25) is 4.79 Å². The lowest BCUT2D eigenvalue weighted by molar-refractivity contribution is 0.0950. The van der Waals surface area contributed by atoms with Crippen molar-refractivity contribution in [3.05, 3.63) is 69.8 Å². The largest absolute Gasteiger partial charge is 0.346 e. The van der Waals surface area contributed by atoms with E-state index >= 15 is 0 Å². The van der Waals surface area contributed by atoms with Crippen LogP contribution in [0.4, 0.5) is 4.39 Å². The van der Waals surface area contributed by atoms with Crippen LogP contribution < -0.4 is 5.32 Å². The molecule has 22 heavy (non-hydrogen) atoms. The molecule has 0 aliphatic carbocycles. The first-order chi connectivity index (χ1) is 10.5. The van der Waals surface area contributed by atoms with Gasteiger partial charge in [0.2, 0.25) is 0 Å². The highest BCUT2D eigenvalue weighted by atomic mass is 35.5. The molecule has 3 rings (SSSR count). The van der Waals surface area contributed by atoms with Gasteiger partial charge in [-0.2, -0.15) is 0 Å². The lowest BCUT2D eigenvalue weighted by Gasteiger charge is -2.04. The molecule has 0 unspecified atom stereocenters. The number of pyridine rings is 1. The predicted molar refractivity (Wildman–Crippen MR) is 82.8 cm³/mol. The number of nitrogens with one attached hydrogen (secondary N) is 1. The van der Waals surface area contributed by atoms with Gasteiger partial charge in [0.05, 0.1) is 22.3 Å². The Morgan fingerprint density at radius 2 is 2.00 bits per heavy atom. The minimum atomic E-state index is -0.351. The van der Waals surface area contributed by atoms with Gasteiger partial charge in [-0.1, -0.05) is 23.2 Å². The number of imidazole rings is 1. The number of rotatable bonds is 3. The van der Waals surface area contributed by atoms with E-state index in [9.17, 15) is 9.18 Å². The van der Waals surface area contributed by atoms with Crippen molar-refractivity contribution in [2.24, 2.45) is 0 Å². The number of amides is 1. The standard InChI is InChI=1S/C15H10Cl2FN3O/c16-12-3-1-9(5-13(12)17)15(22)19-6-11-8-21-7-10(18)2-4-14(21)20-11/h1-5,7-8H,6H2,(H,19,22). The molecule has 112 valence electrons. The second-order valence-electron chi connectivity index (χ2n) is 4.66. The van der Waals surface area contributed by atoms with E-state index in [0.717, 1.165) is 0 Å². The number of benzene rings is 1. The first-order valence-corrected chi connectivity index (χ1v) is 7.15. The fourth-order valence-corrected chi connectivity index (χ4v) is 2.31. The molecule has 0 aliphatic rings. The van der Waals surface area contributed by atoms with Crippen molar-refractivity contribution in [1.82, 2.24) is 14.7 Å². The highest BCUT2D eigenvalue weighted by Crippen LogP contribution is 2.22. The lowest BCUT2D eigenvalue weighted by Crippen LogP contribution is -2.22. The van der Waals surface area contributed by atoms with Gasteiger partial charge in [0.1, 0.15) is 11.5 Å². The van der Waals surface area contributed by atoms with Crippen LogP contribution in [-0.2, 0) is 6.54 Å². The Balaban J connectivity index is 1.72. The van der Waals surface area contributed by atoms with Gasteiger partial charge >= 0.3 is 0 Å². The van der Waals surface area contributed by atoms with E-state index in [1.54, 1.807) is 28.8 Å². The van der Waals surface area contributed by atoms with Crippen LogP contribution in [0, 0.1) is 5.82 Å². The molecule has 3 aromatic rings. The van der Waals surface area contributed by atoms with Crippen LogP contribution >= 0.6 is 23.2 Å². The van der Waals surface area contributed by atoms with Gasteiger partial charge in [-0.25, -0.2) is 9.37 Å². The molecule has 0 spiro atoms. The summed E-state index contributed by atoms with van der Waals surface area (Å²) in [5, 5.41) is 3.43. The Hall–Kier alpha value is -2.11. The molecule has 0 saturated heterocycles. The summed E-state index contributed by atoms with van der Waals surface area (Å²) in [6.07, 6.45) is 2.99. The van der Waals surface area contributed by atoms with Crippen LogP contribution in [0.15, 0.2) is 42.7 Å². The van der Waals surface area contributed by atoms with E-state index in [4.69, 9.17) is 23.2 Å². The summed E-state index contributed by atoms with van der Waals surface area (Å²) in [5.74, 6) is -0.641. The summed E-state index contributed by atoms with van der Waals surface area (Å²) >= 11 is 11.7. The molecule has 2 aromatic heterocycles. The smallest absolute Gasteiger partial charge is 0.251 e. The monoisotopic (exact) mass is 337 g/mol. The van der Waals surface area contributed by atoms with Crippen molar-refractivity contribution in [1.29, 1.82) is 0 Å². The van der Waals surface area contributed by atoms with E-state index in [1.165, 1.54) is 18.3 Å². The van der Waals surface area contributed by atoms with E-state index in [0.29, 0.717) is 26.9 Å². The van der Waals surface area contributed by atoms with Gasteiger partial charge in [0.15, 0.2) is 0 Å². The summed E-state index contributed by atoms with van der Waals surface area (Å²) in [7, 11) is 0. The zero-order valence-corrected chi connectivity index (χ0v) is 12.7. The average molecular weight is 338 g/mol. The number of aromatic nitrogens is 2. The van der Waals surface area contributed by atoms with Crippen molar-refractivity contribution < 1.29 is 9.18 Å². The van der Waals surface area contributed by atoms with E-state index < -0.39 is 0 Å². The van der Waals surface area contributed by atoms with Crippen molar-refractivity contribution in [2.75, 3.05) is 0 Å². The number of halogens is 3. The maximum atomic E-state index is 13.1. The maximum absolute atomic E-state index is 13.1. The predicted octanol–water partition coefficient (Wildman–Crippen LogP) is 3.71. The third-order valence-corrected chi connectivity index (χ3v) is 3.82. The van der Waals surface area contributed by atoms with Gasteiger partial charge < -0.3 is 9.72 Å². The summed E-state index contributed by atoms with van der Waals surface area (Å²) in [5.41, 5.74) is 1.64. The number of nitrogens with zero attached hydrogens (tertiary/aromatic N) is 2. The normalized spacial score (nSPS) is 10.9. The molecule has 7 heteroatoms. The Kier molecular flexibility index (Phi) is 4.00. The molecular formula is C15H10Cl2FN3O. The van der Waals surface area contributed by atoms with Gasteiger partial charge in [-0.05, 0) is 30.3 Å². The lowest BCUT2D eigenvalue weighted by atomic mass is 10.2. The third kappa shape index (κ3) is 3.05. The number of hydrogen-bond acceptors (Lipinski definition) is 2. The SMILES string of the molecule is O=C(NCc1cn2cc(F)ccc2n1)c1ccc(Cl)c(Cl)c1. The molecule has 1 amide bonds. The number of hydrogen-bond donors (Lipinski definition) is 1. The zero-order chi connectivity index (χ0) is 15.7. The Morgan fingerprint density at radius 3 is 2.77 bits per heavy atom. The molecule has 0 radical (unpaired) electrons. The molecule has 2 heterocycles. The van der Waals surface area contributed by atoms with Crippen molar-refractivity contribution in [3.63, 3.8) is 0 Å². The molecule has 0 bridgehead atoms. The van der Waals surface area contributed by atoms with Crippen LogP contribution in [0.5, 0.6) is 0 Å². The summed E-state index contributed by atoms with van der Waals surface area (Å²) in [6, 6.07) is 7.55. The minimum absolute atomic E-state index is 0.225. The molecule has 0 fully saturated rings. The highest BCUT2D eigenvalue weighted by molar-refractivity contribution is 6.42. The second kappa shape index (κ2) is 5.94. The Labute approximate surface area is 135 Å². The molecule has 4 nitrogen and oxygen atoms in total. The molecular weight excluding hydrogens is 328 g/mol. The second-order valence-corrected chi connectivity index (χ2v) is 5.47. The maximum Gasteiger partial charge on any atom is 0.251 e. The van der Waals surface area contributed by atoms with Gasteiger partial charge in [-0.15, -0.1) is 0 Å². The van der Waals surface area contributed by atoms with Crippen LogP contribution in [-0.4, -0.2) is 15.3 Å². The number of carbonyl (C=O) groups excluding carboxylic acids is 1. The van der Waals surface area contributed by atoms with Crippen molar-refractivity contribution in [2.45, 2.75) is 6.54 Å². The highest BCUT2D eigenvalue weighted by Gasteiger charge is 2.09. The zero-order valence-electron chi connectivity index (χ0n) is 11.2. The average Bonchev–Trinajstić information content (AvgIpc) is 2.89. The van der Waals surface area contributed by atoms with Crippen LogP contribution in [0.2, 0.25) is 10.0 Å². The third-order valence-electron chi connectivity index (χ3n) is 3.08. The van der Waals surface area contributed by atoms with Gasteiger partial charge in [0, 0.05) is 18.0 Å². The van der Waals surface area contributed by atoms with Crippen LogP contribution in [0.1, 0.15) is 16.1 Å². The van der Waals surface area contributed by atoms with Gasteiger partial charge in [0.25, 0.3) is 5.91 Å². The molecule has 0 aliphatic heterocycles. The first-order valence-electron chi connectivity index (χ1n) is 6.39. The molecule has 0 saturated carbocycles. The number of carbonyl (C=O) groups is 1. The van der Waals surface area contributed by atoms with Crippen molar-refractivity contribution >= 4 is 34.8 Å². The Bertz CT molecular complexity index is 863. The van der Waals surface area contributed by atoms with E-state index in [2.05, 4.69) is 10.3 Å². The van der Waals surface area contributed by atoms with Crippen LogP contribution in [0.3, 0.4) is 0 Å². The fraction of sp³-hybridized carbons (Fsp3) is 0.0667. The Morgan fingerprint density at radius 1 is 1.18 bits per heavy atom.